The summed E-state index contributed by atoms with van der Waals surface area (Å²) in [7, 11) is 0. The Hall–Kier alpha value is -7.41. The maximum absolute atomic E-state index is 6.77. The van der Waals surface area contributed by atoms with Crippen LogP contribution in [-0.4, -0.2) is 19.5 Å². The number of hydrogen-bond donors (Lipinski definition) is 0. The normalized spacial score (nSPS) is 11.9. The fourth-order valence-electron chi connectivity index (χ4n) is 8.55. The van der Waals surface area contributed by atoms with E-state index in [9.17, 15) is 0 Å². The molecule has 0 fully saturated rings. The molecule has 6 heteroatoms. The Morgan fingerprint density at radius 3 is 1.79 bits per heavy atom. The first-order chi connectivity index (χ1) is 28.3. The number of thiophene rings is 1. The summed E-state index contributed by atoms with van der Waals surface area (Å²) < 4.78 is 11.7. The number of fused-ring (bicyclic) bond motifs is 9. The molecule has 0 aliphatic rings. The van der Waals surface area contributed by atoms with E-state index in [1.807, 2.05) is 78.1 Å². The molecule has 0 aliphatic carbocycles. The zero-order valence-electron chi connectivity index (χ0n) is 30.4. The molecule has 0 N–H and O–H groups in total. The molecule has 12 rings (SSSR count). The van der Waals surface area contributed by atoms with E-state index in [0.29, 0.717) is 17.5 Å². The minimum Gasteiger partial charge on any atom is -0.455 e. The summed E-state index contributed by atoms with van der Waals surface area (Å²) in [5, 5.41) is 6.88. The predicted octanol–water partition coefficient (Wildman–Crippen LogP) is 13.9. The molecule has 4 aromatic heterocycles. The summed E-state index contributed by atoms with van der Waals surface area (Å²) in [5.41, 5.74) is 10.0. The smallest absolute Gasteiger partial charge is 0.164 e. The summed E-state index contributed by atoms with van der Waals surface area (Å²) >= 11 is 1.83. The van der Waals surface area contributed by atoms with Gasteiger partial charge in [-0.1, -0.05) is 140 Å². The van der Waals surface area contributed by atoms with Gasteiger partial charge in [0, 0.05) is 69.7 Å². The van der Waals surface area contributed by atoms with E-state index in [4.69, 9.17) is 19.4 Å². The lowest BCUT2D eigenvalue weighted by molar-refractivity contribution is 0.670. The van der Waals surface area contributed by atoms with Gasteiger partial charge in [0.15, 0.2) is 17.5 Å². The summed E-state index contributed by atoms with van der Waals surface area (Å²) in [6.45, 7) is 0. The molecule has 0 saturated heterocycles. The molecule has 266 valence electrons. The average molecular weight is 747 g/mol. The van der Waals surface area contributed by atoms with Crippen LogP contribution in [0.1, 0.15) is 0 Å². The predicted molar refractivity (Wildman–Crippen MR) is 236 cm³/mol. The van der Waals surface area contributed by atoms with Crippen molar-refractivity contribution in [2.24, 2.45) is 0 Å². The molecular weight excluding hydrogens is 717 g/mol. The third kappa shape index (κ3) is 4.98. The first-order valence-corrected chi connectivity index (χ1v) is 19.8. The first-order valence-electron chi connectivity index (χ1n) is 19.0. The van der Waals surface area contributed by atoms with Crippen LogP contribution in [0.3, 0.4) is 0 Å². The zero-order chi connectivity index (χ0) is 37.5. The fraction of sp³-hybridized carbons (Fsp3) is 0. The van der Waals surface area contributed by atoms with E-state index in [-0.39, 0.29) is 0 Å². The summed E-state index contributed by atoms with van der Waals surface area (Å²) in [5.74, 6) is 1.90. The largest absolute Gasteiger partial charge is 0.455 e. The lowest BCUT2D eigenvalue weighted by Crippen LogP contribution is -2.00. The molecule has 0 atom stereocenters. The summed E-state index contributed by atoms with van der Waals surface area (Å²) in [6, 6.07) is 63.7. The number of benzene rings is 8. The standard InChI is InChI=1S/C51H30N4OS/c1-3-15-31(16-4-1)49-52-50(32-17-5-2-6-18-32)54-51(53-49)38-23-13-25-42-46(38)36-20-7-10-24-41(36)55(42)33-29-39-34-19-8-11-26-43(34)56-48(39)40(30-33)35-22-14-28-45-47(35)37-21-9-12-27-44(37)57-45/h1-30H. The Labute approximate surface area is 330 Å². The van der Waals surface area contributed by atoms with E-state index in [1.165, 1.54) is 20.2 Å². The molecule has 0 aliphatic heterocycles. The molecule has 5 nitrogen and oxygen atoms in total. The molecule has 0 saturated carbocycles. The number of nitrogens with zero attached hydrogens (tertiary/aromatic N) is 4. The van der Waals surface area contributed by atoms with Crippen LogP contribution in [0.15, 0.2) is 186 Å². The number of aromatic nitrogens is 4. The minimum absolute atomic E-state index is 0.629. The molecule has 0 bridgehead atoms. The van der Waals surface area contributed by atoms with Crippen LogP contribution in [0, 0.1) is 0 Å². The molecule has 12 aromatic rings. The van der Waals surface area contributed by atoms with E-state index < -0.39 is 0 Å². The second-order valence-electron chi connectivity index (χ2n) is 14.3. The maximum atomic E-state index is 6.77. The van der Waals surface area contributed by atoms with Crippen molar-refractivity contribution >= 4 is 75.3 Å². The SMILES string of the molecule is c1ccc(-c2nc(-c3ccccc3)nc(-c3cccc4c3c3ccccc3n4-c3cc(-c4cccc5sc6ccccc6c45)c4oc5ccccc5c4c3)n2)cc1. The first kappa shape index (κ1) is 31.9. The summed E-state index contributed by atoms with van der Waals surface area (Å²) in [6.07, 6.45) is 0. The van der Waals surface area contributed by atoms with Crippen molar-refractivity contribution in [3.05, 3.63) is 182 Å². The molecule has 0 spiro atoms. The highest BCUT2D eigenvalue weighted by molar-refractivity contribution is 7.25. The van der Waals surface area contributed by atoms with E-state index in [2.05, 4.69) is 120 Å². The van der Waals surface area contributed by atoms with Crippen LogP contribution in [0.5, 0.6) is 0 Å². The van der Waals surface area contributed by atoms with Crippen molar-refractivity contribution in [1.82, 2.24) is 19.5 Å². The van der Waals surface area contributed by atoms with Crippen LogP contribution in [0.25, 0.3) is 115 Å². The van der Waals surface area contributed by atoms with Gasteiger partial charge in [-0.05, 0) is 48.0 Å². The Balaban J connectivity index is 1.16. The number of para-hydroxylation sites is 2. The molecular formula is C51H30N4OS. The van der Waals surface area contributed by atoms with Gasteiger partial charge in [-0.15, -0.1) is 11.3 Å². The van der Waals surface area contributed by atoms with E-state index in [0.717, 1.165) is 77.2 Å². The van der Waals surface area contributed by atoms with Gasteiger partial charge in [-0.25, -0.2) is 15.0 Å². The lowest BCUT2D eigenvalue weighted by Gasteiger charge is -2.13. The van der Waals surface area contributed by atoms with Crippen LogP contribution < -0.4 is 0 Å². The third-order valence-electron chi connectivity index (χ3n) is 11.1. The highest BCUT2D eigenvalue weighted by Crippen LogP contribution is 2.46. The van der Waals surface area contributed by atoms with Crippen molar-refractivity contribution in [2.45, 2.75) is 0 Å². The number of hydrogen-bond acceptors (Lipinski definition) is 5. The third-order valence-corrected chi connectivity index (χ3v) is 12.2. The van der Waals surface area contributed by atoms with Gasteiger partial charge in [-0.3, -0.25) is 0 Å². The van der Waals surface area contributed by atoms with Gasteiger partial charge in [-0.2, -0.15) is 0 Å². The molecule has 0 unspecified atom stereocenters. The quantitative estimate of drug-likeness (QED) is 0.176. The van der Waals surface area contributed by atoms with Crippen LogP contribution in [0.4, 0.5) is 0 Å². The van der Waals surface area contributed by atoms with Gasteiger partial charge in [0.2, 0.25) is 0 Å². The number of rotatable bonds is 5. The van der Waals surface area contributed by atoms with Gasteiger partial charge in [0.1, 0.15) is 11.2 Å². The Bertz CT molecular complexity index is 3470. The second kappa shape index (κ2) is 12.6. The zero-order valence-corrected chi connectivity index (χ0v) is 31.2. The minimum atomic E-state index is 0.629. The maximum Gasteiger partial charge on any atom is 0.164 e. The van der Waals surface area contributed by atoms with Gasteiger partial charge < -0.3 is 8.98 Å². The van der Waals surface area contributed by atoms with Crippen molar-refractivity contribution < 1.29 is 4.42 Å². The second-order valence-corrected chi connectivity index (χ2v) is 15.4. The Kier molecular flexibility index (Phi) is 7.03. The van der Waals surface area contributed by atoms with Gasteiger partial charge in [0.05, 0.1) is 11.0 Å². The topological polar surface area (TPSA) is 56.7 Å². The van der Waals surface area contributed by atoms with Crippen LogP contribution >= 0.6 is 11.3 Å². The van der Waals surface area contributed by atoms with Gasteiger partial charge >= 0.3 is 0 Å². The number of furan rings is 1. The highest BCUT2D eigenvalue weighted by Gasteiger charge is 2.23. The Morgan fingerprint density at radius 2 is 1.00 bits per heavy atom. The molecule has 4 heterocycles. The van der Waals surface area contributed by atoms with Crippen molar-refractivity contribution in [1.29, 1.82) is 0 Å². The van der Waals surface area contributed by atoms with Crippen LogP contribution in [0.2, 0.25) is 0 Å². The monoisotopic (exact) mass is 746 g/mol. The van der Waals surface area contributed by atoms with Gasteiger partial charge in [0.25, 0.3) is 0 Å². The Morgan fingerprint density at radius 1 is 0.404 bits per heavy atom. The molecule has 0 amide bonds. The molecule has 8 aromatic carbocycles. The molecule has 57 heavy (non-hydrogen) atoms. The van der Waals surface area contributed by atoms with Crippen molar-refractivity contribution in [3.63, 3.8) is 0 Å². The highest BCUT2D eigenvalue weighted by atomic mass is 32.1. The van der Waals surface area contributed by atoms with Crippen LogP contribution in [-0.2, 0) is 0 Å². The lowest BCUT2D eigenvalue weighted by atomic mass is 9.96. The van der Waals surface area contributed by atoms with E-state index >= 15 is 0 Å². The summed E-state index contributed by atoms with van der Waals surface area (Å²) in [4.78, 5) is 15.3. The molecule has 0 radical (unpaired) electrons. The van der Waals surface area contributed by atoms with E-state index in [1.54, 1.807) is 0 Å². The average Bonchev–Trinajstić information content (AvgIpc) is 3.96. The van der Waals surface area contributed by atoms with Crippen molar-refractivity contribution in [2.75, 3.05) is 0 Å². The fourth-order valence-corrected chi connectivity index (χ4v) is 9.69. The van der Waals surface area contributed by atoms with Crippen molar-refractivity contribution in [3.8, 4) is 51.0 Å².